The zero-order valence-corrected chi connectivity index (χ0v) is 15.8. The van der Waals surface area contributed by atoms with Gasteiger partial charge in [-0.25, -0.2) is 9.97 Å². The van der Waals surface area contributed by atoms with Gasteiger partial charge in [-0.15, -0.1) is 11.3 Å². The van der Waals surface area contributed by atoms with Crippen molar-refractivity contribution in [3.8, 4) is 5.69 Å². The first-order valence-corrected chi connectivity index (χ1v) is 9.73. The van der Waals surface area contributed by atoms with Crippen molar-refractivity contribution in [2.24, 2.45) is 0 Å². The highest BCUT2D eigenvalue weighted by atomic mass is 32.1. The van der Waals surface area contributed by atoms with Crippen LogP contribution in [-0.2, 0) is 11.2 Å². The molecule has 0 aliphatic rings. The Hall–Kier alpha value is -2.99. The average Bonchev–Trinajstić information content (AvgIpc) is 3.36. The van der Waals surface area contributed by atoms with E-state index in [1.54, 1.807) is 23.9 Å². The van der Waals surface area contributed by atoms with E-state index >= 15 is 0 Å². The van der Waals surface area contributed by atoms with Gasteiger partial charge >= 0.3 is 0 Å². The van der Waals surface area contributed by atoms with E-state index in [9.17, 15) is 4.79 Å². The molecule has 1 N–H and O–H groups in total. The smallest absolute Gasteiger partial charge is 0.220 e. The van der Waals surface area contributed by atoms with Crippen molar-refractivity contribution in [3.63, 3.8) is 0 Å². The van der Waals surface area contributed by atoms with Gasteiger partial charge in [0.25, 0.3) is 0 Å². The normalized spacial score (nSPS) is 12.2. The maximum Gasteiger partial charge on any atom is 0.220 e. The van der Waals surface area contributed by atoms with Crippen LogP contribution in [0.4, 0.5) is 0 Å². The SMILES string of the molecule is CC(NC(=O)CCc1nc2ccccc2s1)c1ccc(-n2ccnc2)cc1. The molecule has 0 aliphatic carbocycles. The van der Waals surface area contributed by atoms with Crippen molar-refractivity contribution in [1.82, 2.24) is 19.9 Å². The molecule has 0 aliphatic heterocycles. The van der Waals surface area contributed by atoms with Gasteiger partial charge in [-0.3, -0.25) is 4.79 Å². The maximum absolute atomic E-state index is 12.3. The van der Waals surface area contributed by atoms with Crippen LogP contribution in [0.3, 0.4) is 0 Å². The number of hydrogen-bond acceptors (Lipinski definition) is 4. The molecule has 0 saturated carbocycles. The zero-order chi connectivity index (χ0) is 18.6. The molecule has 6 heteroatoms. The monoisotopic (exact) mass is 376 g/mol. The zero-order valence-electron chi connectivity index (χ0n) is 15.0. The fourth-order valence-corrected chi connectivity index (χ4v) is 3.96. The maximum atomic E-state index is 12.3. The highest BCUT2D eigenvalue weighted by molar-refractivity contribution is 7.18. The third kappa shape index (κ3) is 4.06. The third-order valence-electron chi connectivity index (χ3n) is 4.48. The minimum atomic E-state index is -0.0373. The third-order valence-corrected chi connectivity index (χ3v) is 5.57. The number of para-hydroxylation sites is 1. The molecule has 4 rings (SSSR count). The number of amides is 1. The standard InChI is InChI=1S/C21H20N4OS/c1-15(16-6-8-17(9-7-16)25-13-12-22-14-25)23-20(26)10-11-21-24-18-4-2-3-5-19(18)27-21/h2-9,12-15H,10-11H2,1H3,(H,23,26). The Morgan fingerprint density at radius 1 is 1.19 bits per heavy atom. The number of hydrogen-bond donors (Lipinski definition) is 1. The first-order valence-electron chi connectivity index (χ1n) is 8.91. The summed E-state index contributed by atoms with van der Waals surface area (Å²) >= 11 is 1.66. The number of aromatic nitrogens is 3. The number of rotatable bonds is 6. The van der Waals surface area contributed by atoms with Crippen LogP contribution in [0.1, 0.15) is 30.0 Å². The lowest BCUT2D eigenvalue weighted by Gasteiger charge is -2.15. The molecule has 2 aromatic heterocycles. The van der Waals surface area contributed by atoms with E-state index in [1.807, 2.05) is 60.2 Å². The van der Waals surface area contributed by atoms with Gasteiger partial charge in [-0.1, -0.05) is 24.3 Å². The van der Waals surface area contributed by atoms with Crippen molar-refractivity contribution in [2.45, 2.75) is 25.8 Å². The summed E-state index contributed by atoms with van der Waals surface area (Å²) in [5, 5.41) is 4.08. The van der Waals surface area contributed by atoms with Crippen LogP contribution >= 0.6 is 11.3 Å². The molecule has 0 radical (unpaired) electrons. The Bertz CT molecular complexity index is 1000. The van der Waals surface area contributed by atoms with Crippen LogP contribution in [0.25, 0.3) is 15.9 Å². The van der Waals surface area contributed by atoms with E-state index in [1.165, 1.54) is 4.70 Å². The first kappa shape index (κ1) is 17.4. The fraction of sp³-hybridized carbons (Fsp3) is 0.190. The van der Waals surface area contributed by atoms with Crippen LogP contribution in [0, 0.1) is 0 Å². The number of carbonyl (C=O) groups is 1. The molecule has 2 aromatic carbocycles. The summed E-state index contributed by atoms with van der Waals surface area (Å²) in [4.78, 5) is 21.0. The Labute approximate surface area is 161 Å². The van der Waals surface area contributed by atoms with Crippen molar-refractivity contribution < 1.29 is 4.79 Å². The summed E-state index contributed by atoms with van der Waals surface area (Å²) in [5.41, 5.74) is 3.13. The molecule has 0 spiro atoms. The highest BCUT2D eigenvalue weighted by Crippen LogP contribution is 2.22. The number of benzene rings is 2. The molecule has 136 valence electrons. The second-order valence-corrected chi connectivity index (χ2v) is 7.54. The van der Waals surface area contributed by atoms with Gasteiger partial charge in [0.15, 0.2) is 0 Å². The molecule has 27 heavy (non-hydrogen) atoms. The summed E-state index contributed by atoms with van der Waals surface area (Å²) in [6.07, 6.45) is 6.53. The number of nitrogens with zero attached hydrogens (tertiary/aromatic N) is 3. The first-order chi connectivity index (χ1) is 13.2. The summed E-state index contributed by atoms with van der Waals surface area (Å²) in [5.74, 6) is 0.0421. The quantitative estimate of drug-likeness (QED) is 0.546. The molecular formula is C21H20N4OS. The fourth-order valence-electron chi connectivity index (χ4n) is 2.99. The van der Waals surface area contributed by atoms with Crippen molar-refractivity contribution >= 4 is 27.5 Å². The highest BCUT2D eigenvalue weighted by Gasteiger charge is 2.11. The largest absolute Gasteiger partial charge is 0.350 e. The lowest BCUT2D eigenvalue weighted by molar-refractivity contribution is -0.121. The minimum Gasteiger partial charge on any atom is -0.350 e. The molecule has 1 unspecified atom stereocenters. The predicted octanol–water partition coefficient (Wildman–Crippen LogP) is 4.29. The lowest BCUT2D eigenvalue weighted by Crippen LogP contribution is -2.26. The number of thiazole rings is 1. The Morgan fingerprint density at radius 2 is 2.00 bits per heavy atom. The van der Waals surface area contributed by atoms with Crippen molar-refractivity contribution in [3.05, 3.63) is 77.8 Å². The van der Waals surface area contributed by atoms with Crippen LogP contribution in [0.15, 0.2) is 67.3 Å². The number of aryl methyl sites for hydroxylation is 1. The van der Waals surface area contributed by atoms with Gasteiger partial charge in [0, 0.05) is 30.9 Å². The predicted molar refractivity (Wildman–Crippen MR) is 108 cm³/mol. The van der Waals surface area contributed by atoms with Gasteiger partial charge in [-0.2, -0.15) is 0 Å². The molecule has 4 aromatic rings. The lowest BCUT2D eigenvalue weighted by atomic mass is 10.1. The van der Waals surface area contributed by atoms with E-state index < -0.39 is 0 Å². The average molecular weight is 376 g/mol. The van der Waals surface area contributed by atoms with E-state index in [0.717, 1.165) is 21.8 Å². The van der Waals surface area contributed by atoms with Crippen molar-refractivity contribution in [2.75, 3.05) is 0 Å². The molecule has 0 bridgehead atoms. The number of carbonyl (C=O) groups excluding carboxylic acids is 1. The van der Waals surface area contributed by atoms with Gasteiger partial charge in [0.2, 0.25) is 5.91 Å². The topological polar surface area (TPSA) is 59.8 Å². The van der Waals surface area contributed by atoms with Gasteiger partial charge in [-0.05, 0) is 36.8 Å². The van der Waals surface area contributed by atoms with Crippen LogP contribution in [-0.4, -0.2) is 20.4 Å². The summed E-state index contributed by atoms with van der Waals surface area (Å²) in [6, 6.07) is 16.2. The molecular weight excluding hydrogens is 356 g/mol. The summed E-state index contributed by atoms with van der Waals surface area (Å²) in [6.45, 7) is 2.00. The van der Waals surface area contributed by atoms with Gasteiger partial charge in [0.1, 0.15) is 0 Å². The molecule has 0 saturated heterocycles. The number of imidazole rings is 1. The second kappa shape index (κ2) is 7.72. The van der Waals surface area contributed by atoms with Gasteiger partial charge in [0.05, 0.1) is 27.6 Å². The Balaban J connectivity index is 1.33. The van der Waals surface area contributed by atoms with Crippen LogP contribution in [0.2, 0.25) is 0 Å². The van der Waals surface area contributed by atoms with E-state index in [-0.39, 0.29) is 11.9 Å². The molecule has 1 atom stereocenters. The van der Waals surface area contributed by atoms with Gasteiger partial charge < -0.3 is 9.88 Å². The molecule has 1 amide bonds. The van der Waals surface area contributed by atoms with Crippen LogP contribution < -0.4 is 5.32 Å². The van der Waals surface area contributed by atoms with Crippen LogP contribution in [0.5, 0.6) is 0 Å². The molecule has 5 nitrogen and oxygen atoms in total. The Kier molecular flexibility index (Phi) is 4.98. The molecule has 0 fully saturated rings. The Morgan fingerprint density at radius 3 is 2.74 bits per heavy atom. The van der Waals surface area contributed by atoms with Crippen molar-refractivity contribution in [1.29, 1.82) is 0 Å². The summed E-state index contributed by atoms with van der Waals surface area (Å²) < 4.78 is 3.12. The minimum absolute atomic E-state index is 0.0373. The number of fused-ring (bicyclic) bond motifs is 1. The van der Waals surface area contributed by atoms with E-state index in [2.05, 4.69) is 21.4 Å². The summed E-state index contributed by atoms with van der Waals surface area (Å²) in [7, 11) is 0. The van der Waals surface area contributed by atoms with E-state index in [0.29, 0.717) is 12.8 Å². The number of nitrogens with one attached hydrogen (secondary N) is 1. The second-order valence-electron chi connectivity index (χ2n) is 6.43. The van der Waals surface area contributed by atoms with E-state index in [4.69, 9.17) is 0 Å². The molecule has 2 heterocycles.